The monoisotopic (exact) mass is 169 g/mol. The molecule has 0 aliphatic carbocycles. The van der Waals surface area contributed by atoms with Crippen LogP contribution in [-0.4, -0.2) is 31.0 Å². The quantitative estimate of drug-likeness (QED) is 0.606. The summed E-state index contributed by atoms with van der Waals surface area (Å²) >= 11 is 1.75. The lowest BCUT2D eigenvalue weighted by Crippen LogP contribution is -2.23. The van der Waals surface area contributed by atoms with Crippen molar-refractivity contribution in [1.29, 1.82) is 0 Å². The fraction of sp³-hybridized carbons (Fsp3) is 1.00. The number of thioether (sulfide) groups is 1. The molecule has 1 nitrogen and oxygen atoms in total. The molecule has 0 fully saturated rings. The van der Waals surface area contributed by atoms with Crippen LogP contribution in [0.25, 0.3) is 0 Å². The van der Waals surface area contributed by atoms with Gasteiger partial charge < -0.3 is 5.32 Å². The Hall–Kier alpha value is 0.170. The lowest BCUT2D eigenvalue weighted by molar-refractivity contribution is 0.147. The van der Waals surface area contributed by atoms with E-state index in [2.05, 4.69) is 12.2 Å². The number of hydrogen-bond acceptors (Lipinski definition) is 2. The van der Waals surface area contributed by atoms with Gasteiger partial charge >= 0.3 is 0 Å². The van der Waals surface area contributed by atoms with Gasteiger partial charge in [0.25, 0.3) is 6.43 Å². The second-order valence-corrected chi connectivity index (χ2v) is 3.19. The molecule has 0 rings (SSSR count). The van der Waals surface area contributed by atoms with Crippen LogP contribution in [0.3, 0.4) is 0 Å². The summed E-state index contributed by atoms with van der Waals surface area (Å²) in [5.74, 6) is 1.97. The third kappa shape index (κ3) is 8.17. The summed E-state index contributed by atoms with van der Waals surface area (Å²) < 4.78 is 22.9. The molecule has 0 aliphatic heterocycles. The van der Waals surface area contributed by atoms with Crippen molar-refractivity contribution in [1.82, 2.24) is 5.32 Å². The van der Waals surface area contributed by atoms with Crippen LogP contribution in [0, 0.1) is 0 Å². The van der Waals surface area contributed by atoms with Crippen molar-refractivity contribution < 1.29 is 8.78 Å². The molecular weight excluding hydrogens is 156 g/mol. The molecule has 1 N–H and O–H groups in total. The van der Waals surface area contributed by atoms with Gasteiger partial charge in [-0.3, -0.25) is 0 Å². The highest BCUT2D eigenvalue weighted by atomic mass is 32.2. The molecule has 0 bridgehead atoms. The van der Waals surface area contributed by atoms with Gasteiger partial charge in [-0.15, -0.1) is 0 Å². The van der Waals surface area contributed by atoms with E-state index in [1.807, 2.05) is 0 Å². The SMILES string of the molecule is CCSCCNCC(F)F. The van der Waals surface area contributed by atoms with Crippen molar-refractivity contribution in [3.63, 3.8) is 0 Å². The van der Waals surface area contributed by atoms with Crippen molar-refractivity contribution in [2.24, 2.45) is 0 Å². The second-order valence-electron chi connectivity index (χ2n) is 1.79. The zero-order valence-corrected chi connectivity index (χ0v) is 6.89. The number of nitrogens with one attached hydrogen (secondary N) is 1. The molecule has 0 spiro atoms. The van der Waals surface area contributed by atoms with E-state index in [1.165, 1.54) is 0 Å². The Labute approximate surface area is 64.6 Å². The number of alkyl halides is 2. The molecule has 0 heterocycles. The van der Waals surface area contributed by atoms with Crippen LogP contribution < -0.4 is 5.32 Å². The van der Waals surface area contributed by atoms with Crippen LogP contribution >= 0.6 is 11.8 Å². The predicted molar refractivity (Wildman–Crippen MR) is 41.9 cm³/mol. The topological polar surface area (TPSA) is 12.0 Å². The van der Waals surface area contributed by atoms with Gasteiger partial charge in [0, 0.05) is 12.3 Å². The smallest absolute Gasteiger partial charge is 0.250 e. The van der Waals surface area contributed by atoms with Gasteiger partial charge in [-0.25, -0.2) is 8.78 Å². The van der Waals surface area contributed by atoms with E-state index in [-0.39, 0.29) is 6.54 Å². The first kappa shape index (κ1) is 10.2. The summed E-state index contributed by atoms with van der Waals surface area (Å²) in [4.78, 5) is 0. The largest absolute Gasteiger partial charge is 0.311 e. The summed E-state index contributed by atoms with van der Waals surface area (Å²) in [6.07, 6.45) is -2.22. The first-order valence-corrected chi connectivity index (χ1v) is 4.49. The summed E-state index contributed by atoms with van der Waals surface area (Å²) in [6, 6.07) is 0. The lowest BCUT2D eigenvalue weighted by atomic mass is 10.6. The molecule has 0 radical (unpaired) electrons. The highest BCUT2D eigenvalue weighted by Gasteiger charge is 1.98. The van der Waals surface area contributed by atoms with Gasteiger partial charge in [0.1, 0.15) is 0 Å². The third-order valence-electron chi connectivity index (χ3n) is 0.926. The highest BCUT2D eigenvalue weighted by Crippen LogP contribution is 1.95. The van der Waals surface area contributed by atoms with E-state index in [9.17, 15) is 8.78 Å². The van der Waals surface area contributed by atoms with Crippen LogP contribution in [0.1, 0.15) is 6.92 Å². The van der Waals surface area contributed by atoms with E-state index in [4.69, 9.17) is 0 Å². The first-order valence-electron chi connectivity index (χ1n) is 3.34. The van der Waals surface area contributed by atoms with Crippen LogP contribution in [0.4, 0.5) is 8.78 Å². The molecule has 0 aliphatic rings. The zero-order valence-electron chi connectivity index (χ0n) is 6.07. The fourth-order valence-electron chi connectivity index (χ4n) is 0.500. The summed E-state index contributed by atoms with van der Waals surface area (Å²) in [5, 5.41) is 2.65. The minimum atomic E-state index is -2.22. The number of hydrogen-bond donors (Lipinski definition) is 1. The molecule has 0 aromatic rings. The average molecular weight is 169 g/mol. The molecule has 0 saturated carbocycles. The van der Waals surface area contributed by atoms with E-state index in [0.717, 1.165) is 11.5 Å². The Balaban J connectivity index is 2.77. The molecule has 62 valence electrons. The molecule has 4 heteroatoms. The van der Waals surface area contributed by atoms with Crippen molar-refractivity contribution >= 4 is 11.8 Å². The van der Waals surface area contributed by atoms with E-state index in [1.54, 1.807) is 11.8 Å². The van der Waals surface area contributed by atoms with Crippen molar-refractivity contribution in [2.75, 3.05) is 24.6 Å². The summed E-state index contributed by atoms with van der Waals surface area (Å²) in [7, 11) is 0. The predicted octanol–water partition coefficient (Wildman–Crippen LogP) is 1.59. The maximum atomic E-state index is 11.5. The van der Waals surface area contributed by atoms with E-state index >= 15 is 0 Å². The van der Waals surface area contributed by atoms with E-state index < -0.39 is 6.43 Å². The molecule has 10 heavy (non-hydrogen) atoms. The van der Waals surface area contributed by atoms with Gasteiger partial charge in [-0.2, -0.15) is 11.8 Å². The van der Waals surface area contributed by atoms with Gasteiger partial charge in [0.05, 0.1) is 6.54 Å². The Bertz CT molecular complexity index is 70.8. The van der Waals surface area contributed by atoms with Crippen LogP contribution in [0.2, 0.25) is 0 Å². The summed E-state index contributed by atoms with van der Waals surface area (Å²) in [5.41, 5.74) is 0. The van der Waals surface area contributed by atoms with Crippen LogP contribution in [-0.2, 0) is 0 Å². The van der Waals surface area contributed by atoms with Gasteiger partial charge in [0.2, 0.25) is 0 Å². The van der Waals surface area contributed by atoms with Gasteiger partial charge in [0.15, 0.2) is 0 Å². The third-order valence-corrected chi connectivity index (χ3v) is 1.83. The standard InChI is InChI=1S/C6H13F2NS/c1-2-10-4-3-9-5-6(7)8/h6,9H,2-5H2,1H3. The Morgan fingerprint density at radius 3 is 2.70 bits per heavy atom. The number of halogens is 2. The lowest BCUT2D eigenvalue weighted by Gasteiger charge is -2.01. The zero-order chi connectivity index (χ0) is 7.82. The van der Waals surface area contributed by atoms with Gasteiger partial charge in [-0.05, 0) is 5.75 Å². The first-order chi connectivity index (χ1) is 4.77. The molecule has 0 amide bonds. The van der Waals surface area contributed by atoms with Crippen molar-refractivity contribution in [3.8, 4) is 0 Å². The van der Waals surface area contributed by atoms with Crippen LogP contribution in [0.5, 0.6) is 0 Å². The van der Waals surface area contributed by atoms with Crippen molar-refractivity contribution in [3.05, 3.63) is 0 Å². The molecule has 0 unspecified atom stereocenters. The normalized spacial score (nSPS) is 10.8. The minimum Gasteiger partial charge on any atom is -0.311 e. The van der Waals surface area contributed by atoms with Crippen molar-refractivity contribution in [2.45, 2.75) is 13.3 Å². The van der Waals surface area contributed by atoms with E-state index in [0.29, 0.717) is 6.54 Å². The Morgan fingerprint density at radius 1 is 1.50 bits per heavy atom. The summed E-state index contributed by atoms with van der Waals surface area (Å²) in [6.45, 7) is 2.56. The second kappa shape index (κ2) is 7.28. The maximum absolute atomic E-state index is 11.5. The molecular formula is C6H13F2NS. The Morgan fingerprint density at radius 2 is 2.20 bits per heavy atom. The minimum absolute atomic E-state index is 0.176. The molecule has 0 saturated heterocycles. The molecule has 0 aromatic carbocycles. The van der Waals surface area contributed by atoms with Gasteiger partial charge in [-0.1, -0.05) is 6.92 Å². The fourth-order valence-corrected chi connectivity index (χ4v) is 1.08. The molecule has 0 atom stereocenters. The number of rotatable bonds is 6. The van der Waals surface area contributed by atoms with Crippen LogP contribution in [0.15, 0.2) is 0 Å². The Kier molecular flexibility index (Phi) is 7.40. The molecule has 0 aromatic heterocycles. The highest BCUT2D eigenvalue weighted by molar-refractivity contribution is 7.99. The average Bonchev–Trinajstić information content (AvgIpc) is 1.87. The maximum Gasteiger partial charge on any atom is 0.250 e.